The number of hydrogen-bond donors (Lipinski definition) is 1. The Morgan fingerprint density at radius 2 is 1.76 bits per heavy atom. The van der Waals surface area contributed by atoms with Crippen molar-refractivity contribution >= 4 is 32.6 Å². The number of aryl methyl sites for hydroxylation is 1. The SMILES string of the molecule is CCOc1n[nH]c(OCC)c2c(CC)c3nc4ccccc4c3cc12. The van der Waals surface area contributed by atoms with E-state index in [1.165, 1.54) is 0 Å². The summed E-state index contributed by atoms with van der Waals surface area (Å²) in [5.74, 6) is 1.27. The van der Waals surface area contributed by atoms with Crippen molar-refractivity contribution < 1.29 is 9.47 Å². The number of nitrogens with one attached hydrogen (secondary N) is 1. The van der Waals surface area contributed by atoms with Crippen molar-refractivity contribution in [1.82, 2.24) is 15.2 Å². The second-order valence-corrected chi connectivity index (χ2v) is 5.88. The Bertz CT molecular complexity index is 1070. The Hall–Kier alpha value is -2.82. The van der Waals surface area contributed by atoms with Gasteiger partial charge < -0.3 is 9.47 Å². The average molecular weight is 335 g/mol. The predicted molar refractivity (Wildman–Crippen MR) is 101 cm³/mol. The number of benzene rings is 2. The molecule has 0 saturated carbocycles. The summed E-state index contributed by atoms with van der Waals surface area (Å²) in [5, 5.41) is 11.7. The number of para-hydroxylation sites is 1. The summed E-state index contributed by atoms with van der Waals surface area (Å²) in [7, 11) is 0. The van der Waals surface area contributed by atoms with Gasteiger partial charge in [-0.05, 0) is 38.0 Å². The van der Waals surface area contributed by atoms with E-state index < -0.39 is 0 Å². The van der Waals surface area contributed by atoms with Crippen LogP contribution in [0.1, 0.15) is 26.3 Å². The maximum Gasteiger partial charge on any atom is 0.239 e. The molecular weight excluding hydrogens is 314 g/mol. The van der Waals surface area contributed by atoms with Gasteiger partial charge in [-0.1, -0.05) is 25.1 Å². The zero-order chi connectivity index (χ0) is 17.4. The van der Waals surface area contributed by atoms with Gasteiger partial charge in [0, 0.05) is 10.8 Å². The lowest BCUT2D eigenvalue weighted by atomic mass is 10.00. The molecule has 2 heterocycles. The monoisotopic (exact) mass is 335 g/mol. The summed E-state index contributed by atoms with van der Waals surface area (Å²) in [6, 6.07) is 10.4. The fraction of sp³-hybridized carbons (Fsp3) is 0.300. The Kier molecular flexibility index (Phi) is 3.92. The first kappa shape index (κ1) is 15.7. The van der Waals surface area contributed by atoms with Gasteiger partial charge >= 0.3 is 0 Å². The molecule has 0 fully saturated rings. The topological polar surface area (TPSA) is 60.0 Å². The molecule has 0 spiro atoms. The maximum absolute atomic E-state index is 5.82. The molecule has 128 valence electrons. The second-order valence-electron chi connectivity index (χ2n) is 5.88. The van der Waals surface area contributed by atoms with E-state index in [-0.39, 0.29) is 0 Å². The molecule has 5 heteroatoms. The number of H-pyrrole nitrogens is 1. The fourth-order valence-electron chi connectivity index (χ4n) is 3.47. The summed E-state index contributed by atoms with van der Waals surface area (Å²) < 4.78 is 11.6. The number of fused-ring (bicyclic) bond motifs is 4. The Morgan fingerprint density at radius 1 is 0.960 bits per heavy atom. The number of aromatic amines is 1. The molecule has 0 atom stereocenters. The van der Waals surface area contributed by atoms with Gasteiger partial charge in [-0.2, -0.15) is 0 Å². The molecule has 0 saturated heterocycles. The van der Waals surface area contributed by atoms with Gasteiger partial charge in [-0.3, -0.25) is 0 Å². The van der Waals surface area contributed by atoms with E-state index in [0.717, 1.165) is 44.6 Å². The molecule has 0 radical (unpaired) electrons. The highest BCUT2D eigenvalue weighted by Crippen LogP contribution is 2.39. The van der Waals surface area contributed by atoms with Gasteiger partial charge in [0.15, 0.2) is 0 Å². The van der Waals surface area contributed by atoms with Crippen LogP contribution < -0.4 is 9.47 Å². The second kappa shape index (κ2) is 6.24. The third kappa shape index (κ3) is 2.38. The van der Waals surface area contributed by atoms with Crippen LogP contribution >= 0.6 is 0 Å². The van der Waals surface area contributed by atoms with Crippen LogP contribution in [0.15, 0.2) is 30.3 Å². The summed E-state index contributed by atoms with van der Waals surface area (Å²) in [6.07, 6.45) is 0.848. The highest BCUT2D eigenvalue weighted by atomic mass is 16.5. The molecule has 2 aromatic carbocycles. The van der Waals surface area contributed by atoms with Gasteiger partial charge in [0.2, 0.25) is 11.8 Å². The zero-order valence-electron chi connectivity index (χ0n) is 14.7. The fourth-order valence-corrected chi connectivity index (χ4v) is 3.47. The van der Waals surface area contributed by atoms with Crippen LogP contribution in [0.25, 0.3) is 32.6 Å². The van der Waals surface area contributed by atoms with E-state index in [9.17, 15) is 0 Å². The third-order valence-electron chi connectivity index (χ3n) is 4.47. The lowest BCUT2D eigenvalue weighted by molar-refractivity contribution is 0.309. The summed E-state index contributed by atoms with van der Waals surface area (Å²) >= 11 is 0. The zero-order valence-corrected chi connectivity index (χ0v) is 14.7. The van der Waals surface area contributed by atoms with Crippen LogP contribution in [-0.2, 0) is 6.42 Å². The van der Waals surface area contributed by atoms with Crippen molar-refractivity contribution in [3.63, 3.8) is 0 Å². The van der Waals surface area contributed by atoms with Gasteiger partial charge in [-0.25, -0.2) is 10.1 Å². The first-order valence-corrected chi connectivity index (χ1v) is 8.76. The highest BCUT2D eigenvalue weighted by molar-refractivity contribution is 6.15. The highest BCUT2D eigenvalue weighted by Gasteiger charge is 2.19. The van der Waals surface area contributed by atoms with Crippen molar-refractivity contribution in [3.05, 3.63) is 35.9 Å². The van der Waals surface area contributed by atoms with Crippen LogP contribution in [0.5, 0.6) is 11.8 Å². The molecule has 0 aliphatic carbocycles. The Labute approximate surface area is 146 Å². The van der Waals surface area contributed by atoms with Gasteiger partial charge in [0.1, 0.15) is 0 Å². The summed E-state index contributed by atoms with van der Waals surface area (Å²) in [6.45, 7) is 7.20. The molecule has 0 unspecified atom stereocenters. The van der Waals surface area contributed by atoms with Crippen molar-refractivity contribution in [3.8, 4) is 11.8 Å². The largest absolute Gasteiger partial charge is 0.478 e. The molecule has 1 N–H and O–H groups in total. The molecule has 0 aliphatic rings. The molecule has 0 bridgehead atoms. The third-order valence-corrected chi connectivity index (χ3v) is 4.47. The number of nitrogens with zero attached hydrogens (tertiary/aromatic N) is 2. The lowest BCUT2D eigenvalue weighted by Gasteiger charge is -2.14. The predicted octanol–water partition coefficient (Wildman–Crippen LogP) is 4.62. The van der Waals surface area contributed by atoms with E-state index in [2.05, 4.69) is 35.3 Å². The normalized spacial score (nSPS) is 11.5. The summed E-state index contributed by atoms with van der Waals surface area (Å²) in [4.78, 5) is 4.88. The number of hydrogen-bond acceptors (Lipinski definition) is 4. The molecule has 2 aromatic heterocycles. The first-order valence-electron chi connectivity index (χ1n) is 8.76. The van der Waals surface area contributed by atoms with Crippen molar-refractivity contribution in [2.75, 3.05) is 13.2 Å². The van der Waals surface area contributed by atoms with Gasteiger partial charge in [-0.15, -0.1) is 5.10 Å². The van der Waals surface area contributed by atoms with Gasteiger partial charge in [0.05, 0.1) is 35.0 Å². The molecular formula is C20H21N3O2. The average Bonchev–Trinajstić information content (AvgIpc) is 3.00. The van der Waals surface area contributed by atoms with E-state index in [1.807, 2.05) is 26.0 Å². The lowest BCUT2D eigenvalue weighted by Crippen LogP contribution is -2.03. The minimum absolute atomic E-state index is 0.559. The molecule has 0 aliphatic heterocycles. The molecule has 4 rings (SSSR count). The molecule has 4 aromatic rings. The molecule has 5 nitrogen and oxygen atoms in total. The van der Waals surface area contributed by atoms with Crippen LogP contribution in [0.2, 0.25) is 0 Å². The Balaban J connectivity index is 2.20. The molecule has 25 heavy (non-hydrogen) atoms. The van der Waals surface area contributed by atoms with Crippen LogP contribution in [0, 0.1) is 0 Å². The Morgan fingerprint density at radius 3 is 2.52 bits per heavy atom. The summed E-state index contributed by atoms with van der Waals surface area (Å²) in [5.41, 5.74) is 3.20. The van der Waals surface area contributed by atoms with Crippen LogP contribution in [0.4, 0.5) is 0 Å². The van der Waals surface area contributed by atoms with Crippen molar-refractivity contribution in [1.29, 1.82) is 0 Å². The number of rotatable bonds is 5. The van der Waals surface area contributed by atoms with E-state index >= 15 is 0 Å². The van der Waals surface area contributed by atoms with E-state index in [0.29, 0.717) is 25.0 Å². The molecule has 0 amide bonds. The standard InChI is InChI=1S/C20H21N3O2/c1-4-12-17-15(19(24-5-2)22-23-20(17)25-6-3)11-14-13-9-7-8-10-16(13)21-18(12)14/h7-11,23H,4-6H2,1-3H3. The maximum atomic E-state index is 5.82. The first-order chi connectivity index (χ1) is 12.3. The van der Waals surface area contributed by atoms with Gasteiger partial charge in [0.25, 0.3) is 0 Å². The smallest absolute Gasteiger partial charge is 0.239 e. The van der Waals surface area contributed by atoms with Crippen LogP contribution in [-0.4, -0.2) is 28.4 Å². The van der Waals surface area contributed by atoms with E-state index in [4.69, 9.17) is 14.5 Å². The van der Waals surface area contributed by atoms with E-state index in [1.54, 1.807) is 0 Å². The van der Waals surface area contributed by atoms with Crippen LogP contribution in [0.3, 0.4) is 0 Å². The minimum atomic E-state index is 0.559. The number of aromatic nitrogens is 3. The quantitative estimate of drug-likeness (QED) is 0.578. The minimum Gasteiger partial charge on any atom is -0.478 e. The number of ether oxygens (including phenoxy) is 2. The van der Waals surface area contributed by atoms with Crippen molar-refractivity contribution in [2.45, 2.75) is 27.2 Å². The van der Waals surface area contributed by atoms with Crippen molar-refractivity contribution in [2.24, 2.45) is 0 Å².